The lowest BCUT2D eigenvalue weighted by Crippen LogP contribution is -2.30. The van der Waals surface area contributed by atoms with Crippen LogP contribution >= 0.6 is 35.6 Å². The summed E-state index contributed by atoms with van der Waals surface area (Å²) in [7, 11) is 0. The van der Waals surface area contributed by atoms with E-state index in [1.807, 2.05) is 0 Å². The number of likely N-dealkylation sites (N-methyl/N-ethyl adjacent to an activating group) is 1. The van der Waals surface area contributed by atoms with Crippen LogP contribution in [-0.4, -0.2) is 41.8 Å². The van der Waals surface area contributed by atoms with E-state index >= 15 is 0 Å². The second-order valence-corrected chi connectivity index (χ2v) is 4.94. The van der Waals surface area contributed by atoms with Gasteiger partial charge in [0.1, 0.15) is 12.2 Å². The molecule has 1 aromatic carbocycles. The van der Waals surface area contributed by atoms with Gasteiger partial charge in [-0.25, -0.2) is 0 Å². The molecule has 6 heteroatoms. The molecule has 1 aliphatic rings. The zero-order valence-electron chi connectivity index (χ0n) is 9.97. The number of rotatable bonds is 3. The van der Waals surface area contributed by atoms with E-state index in [4.69, 9.17) is 27.9 Å². The van der Waals surface area contributed by atoms with Crippen LogP contribution in [0.25, 0.3) is 0 Å². The highest BCUT2D eigenvalue weighted by Crippen LogP contribution is 2.34. The lowest BCUT2D eigenvalue weighted by molar-refractivity contribution is 0.0738. The summed E-state index contributed by atoms with van der Waals surface area (Å²) in [4.78, 5) is 2.13. The van der Waals surface area contributed by atoms with E-state index in [2.05, 4.69) is 11.8 Å². The van der Waals surface area contributed by atoms with Gasteiger partial charge in [-0.05, 0) is 18.7 Å². The third-order valence-corrected chi connectivity index (χ3v) is 3.54. The van der Waals surface area contributed by atoms with Crippen molar-refractivity contribution in [1.29, 1.82) is 0 Å². The lowest BCUT2D eigenvalue weighted by atomic mass is 10.2. The molecule has 1 heterocycles. The van der Waals surface area contributed by atoms with Crippen molar-refractivity contribution in [2.45, 2.75) is 19.1 Å². The number of likely N-dealkylation sites (tertiary alicyclic amines) is 1. The fourth-order valence-electron chi connectivity index (χ4n) is 1.95. The van der Waals surface area contributed by atoms with Crippen LogP contribution in [0.15, 0.2) is 18.2 Å². The summed E-state index contributed by atoms with van der Waals surface area (Å²) in [6.07, 6.45) is -0.769. The van der Waals surface area contributed by atoms with Crippen molar-refractivity contribution in [2.24, 2.45) is 0 Å². The molecule has 0 bridgehead atoms. The van der Waals surface area contributed by atoms with Crippen LogP contribution in [-0.2, 0) is 0 Å². The Hall–Kier alpha value is -0.190. The molecule has 0 radical (unpaired) electrons. The van der Waals surface area contributed by atoms with E-state index in [0.717, 1.165) is 6.54 Å². The Kier molecular flexibility index (Phi) is 6.02. The van der Waals surface area contributed by atoms with Crippen molar-refractivity contribution >= 4 is 35.6 Å². The highest BCUT2D eigenvalue weighted by Gasteiger charge is 2.32. The van der Waals surface area contributed by atoms with Crippen molar-refractivity contribution in [3.05, 3.63) is 28.2 Å². The maximum atomic E-state index is 9.88. The van der Waals surface area contributed by atoms with Crippen LogP contribution < -0.4 is 4.74 Å². The second-order valence-electron chi connectivity index (χ2n) is 4.13. The first-order valence-corrected chi connectivity index (χ1v) is 6.38. The molecule has 2 atom stereocenters. The van der Waals surface area contributed by atoms with Crippen LogP contribution in [0.3, 0.4) is 0 Å². The summed E-state index contributed by atoms with van der Waals surface area (Å²) >= 11 is 12.0. The first-order valence-electron chi connectivity index (χ1n) is 5.63. The Morgan fingerprint density at radius 2 is 1.94 bits per heavy atom. The SMILES string of the molecule is CCN1C[C@@H](O)[C@H](Oc2c(Cl)cccc2Cl)C1.Cl. The van der Waals surface area contributed by atoms with E-state index in [1.54, 1.807) is 18.2 Å². The molecule has 1 aliphatic heterocycles. The molecule has 2 rings (SSSR count). The maximum Gasteiger partial charge on any atom is 0.157 e. The lowest BCUT2D eigenvalue weighted by Gasteiger charge is -2.18. The van der Waals surface area contributed by atoms with Gasteiger partial charge in [-0.3, -0.25) is 4.90 Å². The molecule has 3 nitrogen and oxygen atoms in total. The van der Waals surface area contributed by atoms with Gasteiger partial charge in [0.2, 0.25) is 0 Å². The van der Waals surface area contributed by atoms with Crippen molar-refractivity contribution in [1.82, 2.24) is 4.90 Å². The smallest absolute Gasteiger partial charge is 0.157 e. The monoisotopic (exact) mass is 311 g/mol. The number of halogens is 3. The van der Waals surface area contributed by atoms with Gasteiger partial charge in [-0.2, -0.15) is 0 Å². The molecular formula is C12H16Cl3NO2. The molecule has 1 N–H and O–H groups in total. The van der Waals surface area contributed by atoms with Crippen molar-refractivity contribution in [2.75, 3.05) is 19.6 Å². The van der Waals surface area contributed by atoms with E-state index in [0.29, 0.717) is 28.9 Å². The quantitative estimate of drug-likeness (QED) is 0.931. The minimum Gasteiger partial charge on any atom is -0.483 e. The average molecular weight is 313 g/mol. The van der Waals surface area contributed by atoms with Gasteiger partial charge in [0.15, 0.2) is 5.75 Å². The fourth-order valence-corrected chi connectivity index (χ4v) is 2.44. The number of para-hydroxylation sites is 1. The van der Waals surface area contributed by atoms with Gasteiger partial charge >= 0.3 is 0 Å². The highest BCUT2D eigenvalue weighted by molar-refractivity contribution is 6.37. The summed E-state index contributed by atoms with van der Waals surface area (Å²) in [6.45, 7) is 4.27. The van der Waals surface area contributed by atoms with Crippen LogP contribution in [0.4, 0.5) is 0 Å². The summed E-state index contributed by atoms with van der Waals surface area (Å²) in [5.74, 6) is 0.456. The number of benzene rings is 1. The third kappa shape index (κ3) is 3.43. The molecule has 0 amide bonds. The van der Waals surface area contributed by atoms with E-state index in [1.165, 1.54) is 0 Å². The first kappa shape index (κ1) is 15.9. The molecule has 1 aromatic rings. The van der Waals surface area contributed by atoms with Crippen LogP contribution in [0, 0.1) is 0 Å². The van der Waals surface area contributed by atoms with Gasteiger partial charge in [-0.15, -0.1) is 12.4 Å². The molecule has 0 spiro atoms. The van der Waals surface area contributed by atoms with Crippen LogP contribution in [0.2, 0.25) is 10.0 Å². The minimum absolute atomic E-state index is 0. The zero-order chi connectivity index (χ0) is 12.4. The van der Waals surface area contributed by atoms with Crippen molar-refractivity contribution in [3.8, 4) is 5.75 Å². The van der Waals surface area contributed by atoms with Crippen molar-refractivity contribution < 1.29 is 9.84 Å². The predicted octanol–water partition coefficient (Wildman–Crippen LogP) is 2.86. The molecule has 18 heavy (non-hydrogen) atoms. The molecule has 0 saturated carbocycles. The zero-order valence-corrected chi connectivity index (χ0v) is 12.3. The number of β-amino-alcohol motifs (C(OH)–C–C–N with tert-alkyl or cyclic N) is 1. The molecule has 1 fully saturated rings. The minimum atomic E-state index is -0.498. The van der Waals surface area contributed by atoms with Gasteiger partial charge in [0, 0.05) is 13.1 Å². The Balaban J connectivity index is 0.00000162. The number of aliphatic hydroxyl groups is 1. The molecule has 0 aromatic heterocycles. The van der Waals surface area contributed by atoms with Gasteiger partial charge < -0.3 is 9.84 Å². The van der Waals surface area contributed by atoms with Gasteiger partial charge in [0.05, 0.1) is 10.0 Å². The Morgan fingerprint density at radius 1 is 1.33 bits per heavy atom. The molecule has 0 aliphatic carbocycles. The third-order valence-electron chi connectivity index (χ3n) is 2.95. The number of ether oxygens (including phenoxy) is 1. The van der Waals surface area contributed by atoms with Crippen molar-refractivity contribution in [3.63, 3.8) is 0 Å². The number of nitrogens with zero attached hydrogens (tertiary/aromatic N) is 1. The van der Waals surface area contributed by atoms with E-state index in [-0.39, 0.29) is 18.5 Å². The first-order chi connectivity index (χ1) is 8.11. The summed E-state index contributed by atoms with van der Waals surface area (Å²) < 4.78 is 5.73. The fraction of sp³-hybridized carbons (Fsp3) is 0.500. The summed E-state index contributed by atoms with van der Waals surface area (Å²) in [5.41, 5.74) is 0. The number of hydrogen-bond donors (Lipinski definition) is 1. The van der Waals surface area contributed by atoms with E-state index in [9.17, 15) is 5.11 Å². The Labute approximate surface area is 123 Å². The maximum absolute atomic E-state index is 9.88. The number of hydrogen-bond acceptors (Lipinski definition) is 3. The Morgan fingerprint density at radius 3 is 2.44 bits per heavy atom. The summed E-state index contributed by atoms with van der Waals surface area (Å²) in [6, 6.07) is 5.21. The molecule has 102 valence electrons. The van der Waals surface area contributed by atoms with Crippen LogP contribution in [0.5, 0.6) is 5.75 Å². The standard InChI is InChI=1S/C12H15Cl2NO2.ClH/c1-2-15-6-10(16)11(7-15)17-12-8(13)4-3-5-9(12)14;/h3-5,10-11,16H,2,6-7H2,1H3;1H/t10-,11-;/m1./s1. The average Bonchev–Trinajstić information content (AvgIpc) is 2.65. The second kappa shape index (κ2) is 6.83. The highest BCUT2D eigenvalue weighted by atomic mass is 35.5. The topological polar surface area (TPSA) is 32.7 Å². The normalized spacial score (nSPS) is 23.8. The molecule has 1 saturated heterocycles. The van der Waals surface area contributed by atoms with Gasteiger partial charge in [0.25, 0.3) is 0 Å². The Bertz CT molecular complexity index is 383. The molecular weight excluding hydrogens is 296 g/mol. The van der Waals surface area contributed by atoms with Crippen LogP contribution in [0.1, 0.15) is 6.92 Å². The van der Waals surface area contributed by atoms with Gasteiger partial charge in [-0.1, -0.05) is 36.2 Å². The largest absolute Gasteiger partial charge is 0.483 e. The van der Waals surface area contributed by atoms with E-state index < -0.39 is 6.10 Å². The molecule has 0 unspecified atom stereocenters. The summed E-state index contributed by atoms with van der Waals surface area (Å²) in [5, 5.41) is 10.8. The predicted molar refractivity (Wildman–Crippen MR) is 76.2 cm³/mol. The number of aliphatic hydroxyl groups excluding tert-OH is 1.